The summed E-state index contributed by atoms with van der Waals surface area (Å²) in [5, 5.41) is 25.9. The Morgan fingerprint density at radius 1 is 1.03 bits per heavy atom. The SMILES string of the molecule is COc1ccc(/C(C)=N/Nc2ccc(S(=O)(=O)Nc3ccccc3OC)cc2[N+](=O)[O-])c(O)c1. The Labute approximate surface area is 195 Å². The predicted molar refractivity (Wildman–Crippen MR) is 127 cm³/mol. The van der Waals surface area contributed by atoms with Crippen LogP contribution in [0.5, 0.6) is 17.2 Å². The van der Waals surface area contributed by atoms with Gasteiger partial charge in [-0.15, -0.1) is 0 Å². The monoisotopic (exact) mass is 486 g/mol. The van der Waals surface area contributed by atoms with Crippen LogP contribution in [0.25, 0.3) is 0 Å². The third-order valence-electron chi connectivity index (χ3n) is 4.77. The molecule has 0 bridgehead atoms. The molecule has 34 heavy (non-hydrogen) atoms. The highest BCUT2D eigenvalue weighted by Crippen LogP contribution is 2.31. The molecule has 11 nitrogen and oxygen atoms in total. The van der Waals surface area contributed by atoms with Crippen LogP contribution in [0.2, 0.25) is 0 Å². The lowest BCUT2D eigenvalue weighted by atomic mass is 10.1. The van der Waals surface area contributed by atoms with Crippen molar-refractivity contribution in [2.24, 2.45) is 5.10 Å². The molecule has 0 heterocycles. The van der Waals surface area contributed by atoms with E-state index in [9.17, 15) is 23.6 Å². The quantitative estimate of drug-likeness (QED) is 0.233. The molecular weight excluding hydrogens is 464 g/mol. The van der Waals surface area contributed by atoms with Gasteiger partial charge in [0.25, 0.3) is 15.7 Å². The number of rotatable bonds is 9. The maximum absolute atomic E-state index is 12.8. The van der Waals surface area contributed by atoms with Crippen LogP contribution in [-0.4, -0.2) is 38.4 Å². The molecule has 0 fully saturated rings. The molecule has 0 saturated carbocycles. The average Bonchev–Trinajstić information content (AvgIpc) is 2.82. The highest BCUT2D eigenvalue weighted by molar-refractivity contribution is 7.92. The molecule has 0 amide bonds. The molecular formula is C22H22N4O7S. The minimum absolute atomic E-state index is 0.0337. The number of methoxy groups -OCH3 is 2. The number of hydrazone groups is 1. The molecule has 3 rings (SSSR count). The number of nitrogens with one attached hydrogen (secondary N) is 2. The van der Waals surface area contributed by atoms with Gasteiger partial charge in [-0.25, -0.2) is 8.42 Å². The van der Waals surface area contributed by atoms with E-state index in [1.807, 2.05) is 0 Å². The fraction of sp³-hybridized carbons (Fsp3) is 0.136. The molecule has 0 aliphatic heterocycles. The lowest BCUT2D eigenvalue weighted by Crippen LogP contribution is -2.14. The Balaban J connectivity index is 1.90. The lowest BCUT2D eigenvalue weighted by Gasteiger charge is -2.12. The van der Waals surface area contributed by atoms with E-state index < -0.39 is 20.6 Å². The summed E-state index contributed by atoms with van der Waals surface area (Å²) < 4.78 is 38.2. The zero-order chi connectivity index (χ0) is 24.9. The van der Waals surface area contributed by atoms with Crippen LogP contribution in [0.15, 0.2) is 70.7 Å². The molecule has 0 aliphatic rings. The lowest BCUT2D eigenvalue weighted by molar-refractivity contribution is -0.384. The van der Waals surface area contributed by atoms with Gasteiger partial charge in [0.05, 0.1) is 35.4 Å². The summed E-state index contributed by atoms with van der Waals surface area (Å²) in [6.07, 6.45) is 0. The highest BCUT2D eigenvalue weighted by atomic mass is 32.2. The van der Waals surface area contributed by atoms with Gasteiger partial charge in [-0.1, -0.05) is 12.1 Å². The number of anilines is 2. The van der Waals surface area contributed by atoms with Crippen LogP contribution in [-0.2, 0) is 10.0 Å². The van der Waals surface area contributed by atoms with E-state index in [0.717, 1.165) is 6.07 Å². The number of nitro groups is 1. The molecule has 0 aromatic heterocycles. The van der Waals surface area contributed by atoms with Crippen LogP contribution < -0.4 is 19.6 Å². The summed E-state index contributed by atoms with van der Waals surface area (Å²) in [6, 6.07) is 14.4. The number of sulfonamides is 1. The molecule has 3 N–H and O–H groups in total. The first-order chi connectivity index (χ1) is 16.2. The van der Waals surface area contributed by atoms with Crippen LogP contribution in [0.3, 0.4) is 0 Å². The maximum Gasteiger partial charge on any atom is 0.295 e. The van der Waals surface area contributed by atoms with E-state index in [2.05, 4.69) is 15.2 Å². The highest BCUT2D eigenvalue weighted by Gasteiger charge is 2.22. The van der Waals surface area contributed by atoms with Crippen molar-refractivity contribution in [2.45, 2.75) is 11.8 Å². The minimum Gasteiger partial charge on any atom is -0.507 e. The largest absolute Gasteiger partial charge is 0.507 e. The van der Waals surface area contributed by atoms with Crippen LogP contribution in [0.4, 0.5) is 17.1 Å². The summed E-state index contributed by atoms with van der Waals surface area (Å²) in [7, 11) is -1.29. The Bertz CT molecular complexity index is 1360. The third kappa shape index (κ3) is 5.35. The van der Waals surface area contributed by atoms with E-state index >= 15 is 0 Å². The molecule has 0 spiro atoms. The van der Waals surface area contributed by atoms with Gasteiger partial charge >= 0.3 is 0 Å². The van der Waals surface area contributed by atoms with Gasteiger partial charge in [0.2, 0.25) is 0 Å². The maximum atomic E-state index is 12.8. The van der Waals surface area contributed by atoms with Crippen LogP contribution in [0.1, 0.15) is 12.5 Å². The van der Waals surface area contributed by atoms with Gasteiger partial charge in [0, 0.05) is 17.7 Å². The van der Waals surface area contributed by atoms with Crippen molar-refractivity contribution >= 4 is 32.8 Å². The summed E-state index contributed by atoms with van der Waals surface area (Å²) in [5.41, 5.74) is 2.94. The number of ether oxygens (including phenoxy) is 2. The molecule has 3 aromatic rings. The second kappa shape index (κ2) is 10.1. The normalized spacial score (nSPS) is 11.6. The number of hydrogen-bond acceptors (Lipinski definition) is 9. The first kappa shape index (κ1) is 24.3. The summed E-state index contributed by atoms with van der Waals surface area (Å²) in [6.45, 7) is 1.59. The summed E-state index contributed by atoms with van der Waals surface area (Å²) in [4.78, 5) is 10.6. The van der Waals surface area contributed by atoms with Crippen molar-refractivity contribution in [3.63, 3.8) is 0 Å². The second-order valence-electron chi connectivity index (χ2n) is 6.93. The van der Waals surface area contributed by atoms with Crippen LogP contribution in [0, 0.1) is 10.1 Å². The minimum atomic E-state index is -4.15. The van der Waals surface area contributed by atoms with Crippen molar-refractivity contribution in [2.75, 3.05) is 24.4 Å². The topological polar surface area (TPSA) is 152 Å². The van der Waals surface area contributed by atoms with Gasteiger partial charge in [-0.05, 0) is 43.3 Å². The first-order valence-corrected chi connectivity index (χ1v) is 11.3. The summed E-state index contributed by atoms with van der Waals surface area (Å²) in [5.74, 6) is 0.669. The Hall–Kier alpha value is -4.32. The molecule has 0 unspecified atom stereocenters. The van der Waals surface area contributed by atoms with E-state index in [4.69, 9.17) is 9.47 Å². The zero-order valence-electron chi connectivity index (χ0n) is 18.5. The fourth-order valence-corrected chi connectivity index (χ4v) is 4.10. The average molecular weight is 487 g/mol. The fourth-order valence-electron chi connectivity index (χ4n) is 3.01. The Kier molecular flexibility index (Phi) is 7.21. The van der Waals surface area contributed by atoms with E-state index in [1.165, 1.54) is 38.5 Å². The molecule has 178 valence electrons. The predicted octanol–water partition coefficient (Wildman–Crippen LogP) is 3.95. The second-order valence-corrected chi connectivity index (χ2v) is 8.62. The van der Waals surface area contributed by atoms with Gasteiger partial charge in [0.15, 0.2) is 0 Å². The van der Waals surface area contributed by atoms with E-state index in [1.54, 1.807) is 37.3 Å². The number of hydrogen-bond donors (Lipinski definition) is 3. The number of para-hydroxylation sites is 2. The number of nitro benzene ring substituents is 1. The van der Waals surface area contributed by atoms with Crippen molar-refractivity contribution in [1.82, 2.24) is 0 Å². The van der Waals surface area contributed by atoms with Crippen molar-refractivity contribution in [3.8, 4) is 17.2 Å². The summed E-state index contributed by atoms with van der Waals surface area (Å²) >= 11 is 0. The Morgan fingerprint density at radius 2 is 1.76 bits per heavy atom. The van der Waals surface area contributed by atoms with E-state index in [0.29, 0.717) is 22.8 Å². The van der Waals surface area contributed by atoms with Crippen molar-refractivity contribution < 1.29 is 27.9 Å². The number of phenolic OH excluding ortho intramolecular Hbond substituents is 1. The van der Waals surface area contributed by atoms with Gasteiger partial charge < -0.3 is 14.6 Å². The van der Waals surface area contributed by atoms with E-state index in [-0.39, 0.29) is 22.0 Å². The molecule has 0 atom stereocenters. The molecule has 0 radical (unpaired) electrons. The number of benzene rings is 3. The molecule has 0 saturated heterocycles. The number of nitrogens with zero attached hydrogens (tertiary/aromatic N) is 2. The molecule has 12 heteroatoms. The van der Waals surface area contributed by atoms with Crippen molar-refractivity contribution in [3.05, 3.63) is 76.3 Å². The van der Waals surface area contributed by atoms with Crippen molar-refractivity contribution in [1.29, 1.82) is 0 Å². The first-order valence-electron chi connectivity index (χ1n) is 9.78. The smallest absolute Gasteiger partial charge is 0.295 e. The third-order valence-corrected chi connectivity index (χ3v) is 6.13. The zero-order valence-corrected chi connectivity index (χ0v) is 19.3. The Morgan fingerprint density at radius 3 is 2.41 bits per heavy atom. The van der Waals surface area contributed by atoms with Crippen LogP contribution >= 0.6 is 0 Å². The standard InChI is InChI=1S/C22H22N4O7S/c1-14(17-10-8-15(32-2)12-21(17)27)23-24-18-11-9-16(13-20(18)26(28)29)34(30,31)25-19-6-4-5-7-22(19)33-3/h4-13,24-25,27H,1-3H3/b23-14+. The van der Waals surface area contributed by atoms with Gasteiger partial charge in [-0.2, -0.15) is 5.10 Å². The number of aromatic hydroxyl groups is 1. The van der Waals surface area contributed by atoms with Gasteiger partial charge in [-0.3, -0.25) is 20.3 Å². The molecule has 3 aromatic carbocycles. The van der Waals surface area contributed by atoms with Gasteiger partial charge in [0.1, 0.15) is 22.9 Å². The molecule has 0 aliphatic carbocycles. The number of phenols is 1.